The average Bonchev–Trinajstić information content (AvgIpc) is 3.33. The molecule has 1 aliphatic carbocycles. The summed E-state index contributed by atoms with van der Waals surface area (Å²) in [4.78, 5) is 18.9. The van der Waals surface area contributed by atoms with Crippen LogP contribution < -0.4 is 4.90 Å². The molecule has 0 N–H and O–H groups in total. The highest BCUT2D eigenvalue weighted by atomic mass is 79.9. The van der Waals surface area contributed by atoms with Crippen molar-refractivity contribution in [2.24, 2.45) is 0 Å². The summed E-state index contributed by atoms with van der Waals surface area (Å²) in [5.41, 5.74) is 3.19. The number of carbonyl (C=O) groups excluding carboxylic acids is 1. The van der Waals surface area contributed by atoms with Crippen LogP contribution in [0.2, 0.25) is 0 Å². The van der Waals surface area contributed by atoms with Crippen molar-refractivity contribution in [3.05, 3.63) is 52.8 Å². The molecule has 1 fully saturated rings. The lowest BCUT2D eigenvalue weighted by Gasteiger charge is -2.17. The molecule has 1 amide bonds. The van der Waals surface area contributed by atoms with Gasteiger partial charge in [0.2, 0.25) is 5.91 Å². The maximum Gasteiger partial charge on any atom is 0.237 e. The second-order valence-corrected chi connectivity index (χ2v) is 8.86. The molecule has 2 aliphatic rings. The number of aromatic nitrogens is 4. The number of thioether (sulfide) groups is 1. The topological polar surface area (TPSA) is 63.9 Å². The molecule has 0 saturated heterocycles. The van der Waals surface area contributed by atoms with Crippen LogP contribution in [0.15, 0.2) is 52.4 Å². The Bertz CT molecular complexity index is 1030. The van der Waals surface area contributed by atoms with Gasteiger partial charge >= 0.3 is 0 Å². The molecule has 0 atom stereocenters. The zero-order valence-corrected chi connectivity index (χ0v) is 17.5. The lowest BCUT2D eigenvalue weighted by molar-refractivity contribution is -0.116. The number of pyridine rings is 1. The molecule has 5 rings (SSSR count). The number of benzene rings is 1. The fraction of sp³-hybridized carbons (Fsp3) is 0.300. The molecule has 28 heavy (non-hydrogen) atoms. The third-order valence-corrected chi connectivity index (χ3v) is 6.48. The molecule has 0 spiro atoms. The standard InChI is InChI=1S/C20H18BrN5OS/c21-15-3-6-17-13(10-15)7-9-25(17)18(27)12-28-20-24-23-19(26(20)16-4-5-16)14-2-1-8-22-11-14/h1-3,6,8,10-11,16H,4-5,7,9,12H2. The first-order valence-electron chi connectivity index (χ1n) is 9.27. The van der Waals surface area contributed by atoms with Crippen LogP contribution in [0, 0.1) is 0 Å². The first-order chi connectivity index (χ1) is 13.7. The van der Waals surface area contributed by atoms with E-state index in [-0.39, 0.29) is 5.91 Å². The zero-order chi connectivity index (χ0) is 19.1. The number of nitrogens with zero attached hydrogens (tertiary/aromatic N) is 5. The molecule has 1 aromatic carbocycles. The Morgan fingerprint density at radius 1 is 1.25 bits per heavy atom. The van der Waals surface area contributed by atoms with Crippen molar-refractivity contribution in [3.63, 3.8) is 0 Å². The molecule has 3 aromatic rings. The smallest absolute Gasteiger partial charge is 0.237 e. The van der Waals surface area contributed by atoms with Gasteiger partial charge in [0.15, 0.2) is 11.0 Å². The van der Waals surface area contributed by atoms with Gasteiger partial charge in [-0.2, -0.15) is 0 Å². The molecule has 0 bridgehead atoms. The number of hydrogen-bond donors (Lipinski definition) is 0. The van der Waals surface area contributed by atoms with Gasteiger partial charge in [-0.05, 0) is 55.2 Å². The molecule has 8 heteroatoms. The lowest BCUT2D eigenvalue weighted by atomic mass is 10.2. The molecule has 1 saturated carbocycles. The van der Waals surface area contributed by atoms with Crippen molar-refractivity contribution < 1.29 is 4.79 Å². The fourth-order valence-corrected chi connectivity index (χ4v) is 4.85. The van der Waals surface area contributed by atoms with Crippen LogP contribution >= 0.6 is 27.7 Å². The summed E-state index contributed by atoms with van der Waals surface area (Å²) in [5, 5.41) is 9.58. The SMILES string of the molecule is O=C(CSc1nnc(-c2cccnc2)n1C1CC1)N1CCc2cc(Br)ccc21. The van der Waals surface area contributed by atoms with E-state index in [1.54, 1.807) is 6.20 Å². The van der Waals surface area contributed by atoms with E-state index in [0.717, 1.165) is 52.5 Å². The van der Waals surface area contributed by atoms with Gasteiger partial charge in [0.25, 0.3) is 0 Å². The number of amides is 1. The number of fused-ring (bicyclic) bond motifs is 1. The summed E-state index contributed by atoms with van der Waals surface area (Å²) in [6.45, 7) is 0.738. The molecule has 0 unspecified atom stereocenters. The minimum absolute atomic E-state index is 0.111. The Kier molecular flexibility index (Phi) is 4.68. The third kappa shape index (κ3) is 3.35. The van der Waals surface area contributed by atoms with Crippen molar-refractivity contribution in [2.45, 2.75) is 30.5 Å². The van der Waals surface area contributed by atoms with Gasteiger partial charge in [-0.3, -0.25) is 14.3 Å². The quantitative estimate of drug-likeness (QED) is 0.541. The largest absolute Gasteiger partial charge is 0.311 e. The number of halogens is 1. The predicted octanol–water partition coefficient (Wildman–Crippen LogP) is 4.12. The lowest BCUT2D eigenvalue weighted by Crippen LogP contribution is -2.30. The Morgan fingerprint density at radius 3 is 2.93 bits per heavy atom. The predicted molar refractivity (Wildman–Crippen MR) is 112 cm³/mol. The molecule has 2 aromatic heterocycles. The van der Waals surface area contributed by atoms with Crippen molar-refractivity contribution in [1.29, 1.82) is 0 Å². The number of hydrogen-bond acceptors (Lipinski definition) is 5. The van der Waals surface area contributed by atoms with E-state index in [1.807, 2.05) is 35.4 Å². The van der Waals surface area contributed by atoms with E-state index in [9.17, 15) is 4.79 Å². The van der Waals surface area contributed by atoms with Crippen molar-refractivity contribution >= 4 is 39.3 Å². The van der Waals surface area contributed by atoms with E-state index in [1.165, 1.54) is 17.3 Å². The summed E-state index contributed by atoms with van der Waals surface area (Å²) in [5.74, 6) is 1.30. The van der Waals surface area contributed by atoms with Gasteiger partial charge in [0.05, 0.1) is 5.75 Å². The van der Waals surface area contributed by atoms with Gasteiger partial charge in [-0.1, -0.05) is 27.7 Å². The summed E-state index contributed by atoms with van der Waals surface area (Å²) in [7, 11) is 0. The van der Waals surface area contributed by atoms with E-state index in [2.05, 4.69) is 41.7 Å². The molecular formula is C20H18BrN5OS. The van der Waals surface area contributed by atoms with Gasteiger partial charge in [-0.25, -0.2) is 0 Å². The second kappa shape index (κ2) is 7.33. The van der Waals surface area contributed by atoms with Crippen LogP contribution in [0.25, 0.3) is 11.4 Å². The Hall–Kier alpha value is -2.19. The highest BCUT2D eigenvalue weighted by Crippen LogP contribution is 2.41. The number of rotatable bonds is 5. The van der Waals surface area contributed by atoms with Gasteiger partial charge in [0.1, 0.15) is 0 Å². The fourth-order valence-electron chi connectivity index (χ4n) is 3.56. The zero-order valence-electron chi connectivity index (χ0n) is 15.1. The van der Waals surface area contributed by atoms with Crippen LogP contribution in [0.5, 0.6) is 0 Å². The van der Waals surface area contributed by atoms with E-state index >= 15 is 0 Å². The Balaban J connectivity index is 1.34. The summed E-state index contributed by atoms with van der Waals surface area (Å²) >= 11 is 4.97. The van der Waals surface area contributed by atoms with Crippen molar-refractivity contribution in [3.8, 4) is 11.4 Å². The molecule has 6 nitrogen and oxygen atoms in total. The number of carbonyl (C=O) groups is 1. The van der Waals surface area contributed by atoms with Crippen molar-refractivity contribution in [2.75, 3.05) is 17.2 Å². The van der Waals surface area contributed by atoms with Crippen LogP contribution in [0.3, 0.4) is 0 Å². The molecular weight excluding hydrogens is 438 g/mol. The third-order valence-electron chi connectivity index (χ3n) is 5.06. The normalized spacial score (nSPS) is 15.7. The minimum Gasteiger partial charge on any atom is -0.311 e. The van der Waals surface area contributed by atoms with E-state index in [4.69, 9.17) is 0 Å². The summed E-state index contributed by atoms with van der Waals surface area (Å²) < 4.78 is 3.22. The molecule has 1 aliphatic heterocycles. The highest BCUT2D eigenvalue weighted by Gasteiger charge is 2.31. The van der Waals surface area contributed by atoms with Crippen molar-refractivity contribution in [1.82, 2.24) is 19.7 Å². The summed E-state index contributed by atoms with van der Waals surface area (Å²) in [6, 6.07) is 10.4. The summed E-state index contributed by atoms with van der Waals surface area (Å²) in [6.07, 6.45) is 6.71. The van der Waals surface area contributed by atoms with Crippen LogP contribution in [-0.2, 0) is 11.2 Å². The van der Waals surface area contributed by atoms with Gasteiger partial charge < -0.3 is 4.90 Å². The average molecular weight is 456 g/mol. The number of anilines is 1. The second-order valence-electron chi connectivity index (χ2n) is 7.01. The van der Waals surface area contributed by atoms with E-state index in [0.29, 0.717) is 11.8 Å². The highest BCUT2D eigenvalue weighted by molar-refractivity contribution is 9.10. The molecule has 3 heterocycles. The molecule has 0 radical (unpaired) electrons. The first kappa shape index (κ1) is 17.9. The van der Waals surface area contributed by atoms with Gasteiger partial charge in [-0.15, -0.1) is 10.2 Å². The van der Waals surface area contributed by atoms with Gasteiger partial charge in [0, 0.05) is 40.7 Å². The van der Waals surface area contributed by atoms with E-state index < -0.39 is 0 Å². The Morgan fingerprint density at radius 2 is 2.14 bits per heavy atom. The van der Waals surface area contributed by atoms with Crippen LogP contribution in [0.1, 0.15) is 24.4 Å². The van der Waals surface area contributed by atoms with Crippen LogP contribution in [0.4, 0.5) is 5.69 Å². The maximum atomic E-state index is 12.9. The maximum absolute atomic E-state index is 12.9. The monoisotopic (exact) mass is 455 g/mol. The molecule has 142 valence electrons. The first-order valence-corrected chi connectivity index (χ1v) is 11.1. The Labute approximate surface area is 175 Å². The van der Waals surface area contributed by atoms with Crippen LogP contribution in [-0.4, -0.2) is 38.0 Å². The minimum atomic E-state index is 0.111.